The normalized spacial score (nSPS) is 10.7. The first-order valence-corrected chi connectivity index (χ1v) is 5.81. The summed E-state index contributed by atoms with van der Waals surface area (Å²) in [6.07, 6.45) is 0. The molecular formula is C15H11NO3. The van der Waals surface area contributed by atoms with E-state index in [1.54, 1.807) is 48.5 Å². The zero-order valence-corrected chi connectivity index (χ0v) is 9.95. The quantitative estimate of drug-likeness (QED) is 0.655. The molecule has 0 saturated carbocycles. The van der Waals surface area contributed by atoms with Gasteiger partial charge in [0.05, 0.1) is 10.9 Å². The SMILES string of the molecule is O=c1c(O)c(-c2ccccc2)n(O)c2ccccc12. The van der Waals surface area contributed by atoms with Gasteiger partial charge in [0.25, 0.3) is 0 Å². The van der Waals surface area contributed by atoms with Crippen molar-refractivity contribution < 1.29 is 10.3 Å². The van der Waals surface area contributed by atoms with Gasteiger partial charge in [-0.25, -0.2) is 0 Å². The summed E-state index contributed by atoms with van der Waals surface area (Å²) in [6.45, 7) is 0. The third-order valence-corrected chi connectivity index (χ3v) is 3.08. The van der Waals surface area contributed by atoms with E-state index in [0.29, 0.717) is 11.1 Å². The summed E-state index contributed by atoms with van der Waals surface area (Å²) in [4.78, 5) is 12.1. The Morgan fingerprint density at radius 3 is 2.26 bits per heavy atom. The van der Waals surface area contributed by atoms with Crippen LogP contribution in [0.4, 0.5) is 0 Å². The van der Waals surface area contributed by atoms with Crippen molar-refractivity contribution in [1.82, 2.24) is 4.73 Å². The van der Waals surface area contributed by atoms with Gasteiger partial charge in [0.1, 0.15) is 5.69 Å². The molecule has 1 heterocycles. The lowest BCUT2D eigenvalue weighted by Gasteiger charge is -2.12. The average molecular weight is 253 g/mol. The molecule has 0 amide bonds. The van der Waals surface area contributed by atoms with Crippen molar-refractivity contribution in [3.05, 3.63) is 64.8 Å². The van der Waals surface area contributed by atoms with E-state index in [-0.39, 0.29) is 11.1 Å². The Morgan fingerprint density at radius 1 is 0.895 bits per heavy atom. The summed E-state index contributed by atoms with van der Waals surface area (Å²) in [5.74, 6) is -0.451. The number of aromatic hydroxyl groups is 1. The highest BCUT2D eigenvalue weighted by molar-refractivity contribution is 5.85. The Balaban J connectivity index is 2.48. The van der Waals surface area contributed by atoms with E-state index in [0.717, 1.165) is 4.73 Å². The van der Waals surface area contributed by atoms with E-state index in [1.165, 1.54) is 0 Å². The first-order chi connectivity index (χ1) is 9.20. The van der Waals surface area contributed by atoms with Gasteiger partial charge in [0.15, 0.2) is 5.75 Å². The number of aromatic nitrogens is 1. The van der Waals surface area contributed by atoms with Crippen LogP contribution in [0, 0.1) is 0 Å². The molecule has 0 atom stereocenters. The second-order valence-corrected chi connectivity index (χ2v) is 4.22. The molecule has 0 spiro atoms. The van der Waals surface area contributed by atoms with E-state index in [1.807, 2.05) is 6.07 Å². The van der Waals surface area contributed by atoms with Crippen molar-refractivity contribution in [3.63, 3.8) is 0 Å². The number of hydrogen-bond acceptors (Lipinski definition) is 3. The monoisotopic (exact) mass is 253 g/mol. The fourth-order valence-electron chi connectivity index (χ4n) is 2.16. The van der Waals surface area contributed by atoms with Crippen LogP contribution < -0.4 is 5.43 Å². The van der Waals surface area contributed by atoms with E-state index >= 15 is 0 Å². The van der Waals surface area contributed by atoms with Gasteiger partial charge < -0.3 is 10.3 Å². The molecule has 4 heteroatoms. The summed E-state index contributed by atoms with van der Waals surface area (Å²) in [5, 5.41) is 20.5. The molecule has 0 bridgehead atoms. The highest BCUT2D eigenvalue weighted by Crippen LogP contribution is 2.28. The molecule has 0 fully saturated rings. The van der Waals surface area contributed by atoms with Crippen molar-refractivity contribution in [2.24, 2.45) is 0 Å². The van der Waals surface area contributed by atoms with Crippen LogP contribution >= 0.6 is 0 Å². The maximum absolute atomic E-state index is 12.1. The summed E-state index contributed by atoms with van der Waals surface area (Å²) >= 11 is 0. The number of benzene rings is 2. The minimum absolute atomic E-state index is 0.101. The predicted octanol–water partition coefficient (Wildman–Crippen LogP) is 2.61. The number of para-hydroxylation sites is 1. The zero-order valence-electron chi connectivity index (χ0n) is 9.95. The van der Waals surface area contributed by atoms with Crippen molar-refractivity contribution in [2.75, 3.05) is 0 Å². The van der Waals surface area contributed by atoms with Crippen LogP contribution in [0.1, 0.15) is 0 Å². The zero-order chi connectivity index (χ0) is 13.4. The fraction of sp³-hybridized carbons (Fsp3) is 0. The predicted molar refractivity (Wildman–Crippen MR) is 72.5 cm³/mol. The molecule has 3 rings (SSSR count). The molecule has 1 aromatic heterocycles. The van der Waals surface area contributed by atoms with Crippen molar-refractivity contribution >= 4 is 10.9 Å². The van der Waals surface area contributed by atoms with Crippen LogP contribution in [0.3, 0.4) is 0 Å². The minimum Gasteiger partial charge on any atom is -0.503 e. The number of hydrogen-bond donors (Lipinski definition) is 2. The van der Waals surface area contributed by atoms with Gasteiger partial charge in [0.2, 0.25) is 5.43 Å². The summed E-state index contributed by atoms with van der Waals surface area (Å²) in [7, 11) is 0. The second kappa shape index (κ2) is 4.17. The van der Waals surface area contributed by atoms with E-state index in [4.69, 9.17) is 0 Å². The molecule has 3 aromatic rings. The van der Waals surface area contributed by atoms with Crippen molar-refractivity contribution in [2.45, 2.75) is 0 Å². The standard InChI is InChI=1S/C15H11NO3/c17-14-11-8-4-5-9-12(11)16(19)13(15(14)18)10-6-2-1-3-7-10/h1-9,18-19H. The molecule has 0 saturated heterocycles. The molecule has 0 unspecified atom stereocenters. The third-order valence-electron chi connectivity index (χ3n) is 3.08. The average Bonchev–Trinajstić information content (AvgIpc) is 2.46. The summed E-state index contributed by atoms with van der Waals surface area (Å²) in [6, 6.07) is 15.4. The van der Waals surface area contributed by atoms with E-state index in [9.17, 15) is 15.1 Å². The number of pyridine rings is 1. The fourth-order valence-corrected chi connectivity index (χ4v) is 2.16. The molecule has 4 nitrogen and oxygen atoms in total. The molecule has 94 valence electrons. The van der Waals surface area contributed by atoms with Crippen LogP contribution in [0.15, 0.2) is 59.4 Å². The molecule has 2 N–H and O–H groups in total. The Labute approximate surface area is 108 Å². The van der Waals surface area contributed by atoms with Crippen LogP contribution in [0.25, 0.3) is 22.2 Å². The molecular weight excluding hydrogens is 242 g/mol. The minimum atomic E-state index is -0.486. The maximum atomic E-state index is 12.1. The lowest BCUT2D eigenvalue weighted by Crippen LogP contribution is -2.11. The van der Waals surface area contributed by atoms with Crippen LogP contribution in [0.2, 0.25) is 0 Å². The van der Waals surface area contributed by atoms with Crippen molar-refractivity contribution in [3.8, 4) is 17.0 Å². The molecule has 0 aliphatic rings. The van der Waals surface area contributed by atoms with Gasteiger partial charge in [-0.1, -0.05) is 42.5 Å². The second-order valence-electron chi connectivity index (χ2n) is 4.22. The Morgan fingerprint density at radius 2 is 1.53 bits per heavy atom. The van der Waals surface area contributed by atoms with Crippen molar-refractivity contribution in [1.29, 1.82) is 0 Å². The van der Waals surface area contributed by atoms with Crippen LogP contribution in [-0.2, 0) is 0 Å². The highest BCUT2D eigenvalue weighted by atomic mass is 16.5. The lowest BCUT2D eigenvalue weighted by molar-refractivity contribution is 0.200. The molecule has 0 aliphatic carbocycles. The Bertz CT molecular complexity index is 807. The topological polar surface area (TPSA) is 62.5 Å². The van der Waals surface area contributed by atoms with Gasteiger partial charge in [-0.05, 0) is 12.1 Å². The van der Waals surface area contributed by atoms with E-state index in [2.05, 4.69) is 0 Å². The third kappa shape index (κ3) is 1.65. The molecule has 2 aromatic carbocycles. The molecule has 19 heavy (non-hydrogen) atoms. The maximum Gasteiger partial charge on any atom is 0.231 e. The van der Waals surface area contributed by atoms with E-state index < -0.39 is 11.2 Å². The summed E-state index contributed by atoms with van der Waals surface area (Å²) < 4.78 is 0.849. The number of fused-ring (bicyclic) bond motifs is 1. The Kier molecular flexibility index (Phi) is 2.49. The van der Waals surface area contributed by atoms with Gasteiger partial charge in [0, 0.05) is 5.56 Å². The molecule has 0 radical (unpaired) electrons. The van der Waals surface area contributed by atoms with Gasteiger partial charge in [-0.2, -0.15) is 4.73 Å². The largest absolute Gasteiger partial charge is 0.503 e. The smallest absolute Gasteiger partial charge is 0.231 e. The highest BCUT2D eigenvalue weighted by Gasteiger charge is 2.16. The first kappa shape index (κ1) is 11.3. The Hall–Kier alpha value is -2.75. The van der Waals surface area contributed by atoms with Gasteiger partial charge >= 0.3 is 0 Å². The molecule has 0 aliphatic heterocycles. The summed E-state index contributed by atoms with van der Waals surface area (Å²) in [5.41, 5.74) is 0.554. The van der Waals surface area contributed by atoms with Crippen LogP contribution in [-0.4, -0.2) is 15.0 Å². The first-order valence-electron chi connectivity index (χ1n) is 5.81. The van der Waals surface area contributed by atoms with Gasteiger partial charge in [-0.3, -0.25) is 4.79 Å². The lowest BCUT2D eigenvalue weighted by atomic mass is 10.1. The van der Waals surface area contributed by atoms with Crippen LogP contribution in [0.5, 0.6) is 5.75 Å². The number of nitrogens with zero attached hydrogens (tertiary/aromatic N) is 1. The van der Waals surface area contributed by atoms with Gasteiger partial charge in [-0.15, -0.1) is 0 Å². The number of rotatable bonds is 1.